The number of halogens is 1. The summed E-state index contributed by atoms with van der Waals surface area (Å²) in [4.78, 5) is 12.5. The smallest absolute Gasteiger partial charge is 0.251 e. The van der Waals surface area contributed by atoms with Gasteiger partial charge >= 0.3 is 0 Å². The number of anilines is 2. The highest BCUT2D eigenvalue weighted by atomic mass is 35.5. The highest BCUT2D eigenvalue weighted by molar-refractivity contribution is 7.74. The number of benzene rings is 2. The van der Waals surface area contributed by atoms with Crippen LogP contribution in [0.25, 0.3) is 0 Å². The van der Waals surface area contributed by atoms with Gasteiger partial charge in [0.25, 0.3) is 5.91 Å². The van der Waals surface area contributed by atoms with Gasteiger partial charge in [0.2, 0.25) is 10.9 Å². The Bertz CT molecular complexity index is 1070. The number of hydrogen-bond donors (Lipinski definition) is 2. The van der Waals surface area contributed by atoms with Crippen LogP contribution in [-0.4, -0.2) is 24.1 Å². The molecule has 0 atom stereocenters. The topological polar surface area (TPSA) is 84.3 Å². The molecule has 0 saturated carbocycles. The second-order valence-electron chi connectivity index (χ2n) is 6.29. The van der Waals surface area contributed by atoms with E-state index in [-0.39, 0.29) is 16.5 Å². The number of aromatic nitrogens is 2. The zero-order valence-corrected chi connectivity index (χ0v) is 16.9. The number of rotatable bonds is 6. The lowest BCUT2D eigenvalue weighted by Crippen LogP contribution is -2.23. The molecule has 1 heterocycles. The van der Waals surface area contributed by atoms with E-state index in [0.717, 1.165) is 15.4 Å². The van der Waals surface area contributed by atoms with Gasteiger partial charge in [-0.2, -0.15) is 5.10 Å². The Balaban J connectivity index is 1.88. The fourth-order valence-electron chi connectivity index (χ4n) is 2.70. The van der Waals surface area contributed by atoms with Crippen LogP contribution >= 0.6 is 11.6 Å². The number of carbonyl (C=O) groups excluding carboxylic acids is 1. The number of amides is 1. The molecule has 2 aromatic carbocycles. The van der Waals surface area contributed by atoms with E-state index in [1.807, 2.05) is 19.1 Å². The molecule has 3 rings (SSSR count). The second kappa shape index (κ2) is 8.45. The molecular formula is C19H19ClN4O3S. The summed E-state index contributed by atoms with van der Waals surface area (Å²) in [7, 11) is -1.19. The Morgan fingerprint density at radius 3 is 2.50 bits per heavy atom. The lowest BCUT2D eigenvalue weighted by atomic mass is 10.1. The molecule has 0 unspecified atom stereocenters. The summed E-state index contributed by atoms with van der Waals surface area (Å²) < 4.78 is 26.6. The zero-order valence-electron chi connectivity index (χ0n) is 15.3. The average molecular weight is 419 g/mol. The average Bonchev–Trinajstić information content (AvgIpc) is 3.06. The van der Waals surface area contributed by atoms with Gasteiger partial charge in [0, 0.05) is 35.9 Å². The minimum absolute atomic E-state index is 0.262. The van der Waals surface area contributed by atoms with Gasteiger partial charge in [0.1, 0.15) is 0 Å². The molecule has 1 amide bonds. The van der Waals surface area contributed by atoms with Crippen molar-refractivity contribution in [2.75, 3.05) is 4.31 Å². The Kier molecular flexibility index (Phi) is 6.01. The van der Waals surface area contributed by atoms with Crippen molar-refractivity contribution in [3.63, 3.8) is 0 Å². The molecule has 0 spiro atoms. The van der Waals surface area contributed by atoms with Gasteiger partial charge in [0.05, 0.1) is 17.6 Å². The van der Waals surface area contributed by atoms with Crippen LogP contribution in [-0.2, 0) is 24.5 Å². The van der Waals surface area contributed by atoms with Crippen molar-refractivity contribution in [2.24, 2.45) is 7.05 Å². The van der Waals surface area contributed by atoms with Crippen molar-refractivity contribution in [1.82, 2.24) is 15.1 Å². The molecule has 0 aliphatic carbocycles. The standard InChI is InChI=1S/C19H19ClN4O3S/c1-13-3-5-17(6-4-13)24(28(26)27)18-8-15(7-16(20)9-18)19(25)21-10-14-11-22-23(2)12-14/h3-9,11-12,28H,10H2,1-2H3,(H,21,25). The third-order valence-electron chi connectivity index (χ3n) is 4.04. The predicted molar refractivity (Wildman–Crippen MR) is 109 cm³/mol. The first-order valence-corrected chi connectivity index (χ1v) is 9.92. The van der Waals surface area contributed by atoms with E-state index in [0.29, 0.717) is 17.9 Å². The predicted octanol–water partition coefficient (Wildman–Crippen LogP) is 2.98. The molecule has 0 aliphatic heterocycles. The monoisotopic (exact) mass is 418 g/mol. The quantitative estimate of drug-likeness (QED) is 0.603. The van der Waals surface area contributed by atoms with Crippen LogP contribution in [0.15, 0.2) is 54.9 Å². The zero-order chi connectivity index (χ0) is 20.3. The van der Waals surface area contributed by atoms with E-state index in [1.165, 1.54) is 18.2 Å². The number of nitrogens with one attached hydrogen (secondary N) is 1. The Labute approximate surface area is 169 Å². The van der Waals surface area contributed by atoms with Crippen LogP contribution in [0.4, 0.5) is 11.4 Å². The lowest BCUT2D eigenvalue weighted by Gasteiger charge is -2.19. The molecule has 0 bridgehead atoms. The number of thiol groups is 1. The molecule has 1 N–H and O–H groups in total. The summed E-state index contributed by atoms with van der Waals surface area (Å²) in [5.74, 6) is -0.363. The Morgan fingerprint density at radius 1 is 1.18 bits per heavy atom. The van der Waals surface area contributed by atoms with Gasteiger partial charge in [-0.05, 0) is 37.3 Å². The largest absolute Gasteiger partial charge is 0.348 e. The first kappa shape index (κ1) is 19.9. The first-order chi connectivity index (χ1) is 13.3. The van der Waals surface area contributed by atoms with Gasteiger partial charge < -0.3 is 5.32 Å². The third-order valence-corrected chi connectivity index (χ3v) is 5.05. The molecule has 146 valence electrons. The van der Waals surface area contributed by atoms with Crippen molar-refractivity contribution in [3.8, 4) is 0 Å². The minimum atomic E-state index is -2.98. The van der Waals surface area contributed by atoms with E-state index >= 15 is 0 Å². The van der Waals surface area contributed by atoms with Crippen molar-refractivity contribution in [3.05, 3.63) is 76.6 Å². The molecule has 0 saturated heterocycles. The maximum Gasteiger partial charge on any atom is 0.251 e. The Morgan fingerprint density at radius 2 is 1.89 bits per heavy atom. The normalized spacial score (nSPS) is 10.9. The van der Waals surface area contributed by atoms with Gasteiger partial charge in [-0.1, -0.05) is 29.3 Å². The fourth-order valence-corrected chi connectivity index (χ4v) is 3.55. The molecule has 0 fully saturated rings. The van der Waals surface area contributed by atoms with E-state index < -0.39 is 10.9 Å². The molecule has 9 heteroatoms. The summed E-state index contributed by atoms with van der Waals surface area (Å²) in [5, 5.41) is 7.09. The maximum atomic E-state index is 12.5. The summed E-state index contributed by atoms with van der Waals surface area (Å²) in [6, 6.07) is 11.5. The van der Waals surface area contributed by atoms with Crippen LogP contribution in [0.5, 0.6) is 0 Å². The lowest BCUT2D eigenvalue weighted by molar-refractivity contribution is 0.0951. The van der Waals surface area contributed by atoms with Crippen LogP contribution in [0.1, 0.15) is 21.5 Å². The van der Waals surface area contributed by atoms with Crippen molar-refractivity contribution >= 4 is 39.8 Å². The Hall–Kier alpha value is -2.84. The van der Waals surface area contributed by atoms with Gasteiger partial charge in [0.15, 0.2) is 0 Å². The minimum Gasteiger partial charge on any atom is -0.348 e. The maximum absolute atomic E-state index is 12.5. The van der Waals surface area contributed by atoms with Crippen LogP contribution in [0.2, 0.25) is 5.02 Å². The number of nitrogens with zero attached hydrogens (tertiary/aromatic N) is 3. The highest BCUT2D eigenvalue weighted by Gasteiger charge is 2.16. The summed E-state index contributed by atoms with van der Waals surface area (Å²) >= 11 is 6.16. The highest BCUT2D eigenvalue weighted by Crippen LogP contribution is 2.29. The fraction of sp³-hybridized carbons (Fsp3) is 0.158. The van der Waals surface area contributed by atoms with Gasteiger partial charge in [-0.3, -0.25) is 9.48 Å². The van der Waals surface area contributed by atoms with E-state index in [4.69, 9.17) is 11.6 Å². The molecule has 28 heavy (non-hydrogen) atoms. The number of hydrogen-bond acceptors (Lipinski definition) is 4. The molecule has 0 radical (unpaired) electrons. The molecule has 3 aromatic rings. The van der Waals surface area contributed by atoms with Crippen molar-refractivity contribution in [1.29, 1.82) is 0 Å². The second-order valence-corrected chi connectivity index (χ2v) is 7.60. The van der Waals surface area contributed by atoms with Gasteiger partial charge in [-0.15, -0.1) is 0 Å². The number of carbonyl (C=O) groups is 1. The molecule has 0 aliphatic rings. The van der Waals surface area contributed by atoms with Crippen LogP contribution in [0, 0.1) is 6.92 Å². The summed E-state index contributed by atoms with van der Waals surface area (Å²) in [6.07, 6.45) is 3.45. The van der Waals surface area contributed by atoms with Crippen molar-refractivity contribution < 1.29 is 13.2 Å². The molecule has 7 nitrogen and oxygen atoms in total. The van der Waals surface area contributed by atoms with Crippen LogP contribution < -0.4 is 9.62 Å². The molecule has 1 aromatic heterocycles. The SMILES string of the molecule is Cc1ccc(N(c2cc(Cl)cc(C(=O)NCc3cnn(C)c3)c2)[SH](=O)=O)cc1. The first-order valence-electron chi connectivity index (χ1n) is 8.41. The van der Waals surface area contributed by atoms with E-state index in [9.17, 15) is 13.2 Å². The van der Waals surface area contributed by atoms with E-state index in [1.54, 1.807) is 36.3 Å². The summed E-state index contributed by atoms with van der Waals surface area (Å²) in [5.41, 5.74) is 2.87. The van der Waals surface area contributed by atoms with Crippen molar-refractivity contribution in [2.45, 2.75) is 13.5 Å². The van der Waals surface area contributed by atoms with E-state index in [2.05, 4.69) is 10.4 Å². The number of aryl methyl sites for hydroxylation is 2. The van der Waals surface area contributed by atoms with Crippen LogP contribution in [0.3, 0.4) is 0 Å². The third kappa shape index (κ3) is 4.71. The molecular weight excluding hydrogens is 400 g/mol. The van der Waals surface area contributed by atoms with Gasteiger partial charge in [-0.25, -0.2) is 12.7 Å². The summed E-state index contributed by atoms with van der Waals surface area (Å²) in [6.45, 7) is 2.21.